The molecule has 1 nitrogen and oxygen atoms in total. The third-order valence-corrected chi connectivity index (χ3v) is 6.01. The van der Waals surface area contributed by atoms with E-state index in [2.05, 4.69) is 47.6 Å². The van der Waals surface area contributed by atoms with Crippen molar-refractivity contribution in [3.8, 4) is 0 Å². The molecule has 1 unspecified atom stereocenters. The van der Waals surface area contributed by atoms with Gasteiger partial charge in [0.1, 0.15) is 0 Å². The van der Waals surface area contributed by atoms with Gasteiger partial charge in [-0.1, -0.05) is 40.7 Å². The summed E-state index contributed by atoms with van der Waals surface area (Å²) < 4.78 is 0. The first-order valence-electron chi connectivity index (χ1n) is 7.39. The van der Waals surface area contributed by atoms with Crippen molar-refractivity contribution in [1.29, 1.82) is 0 Å². The minimum Gasteiger partial charge on any atom is -0.294 e. The maximum atomic E-state index is 12.1. The highest BCUT2D eigenvalue weighted by atomic mass is 16.1. The van der Waals surface area contributed by atoms with Gasteiger partial charge in [-0.05, 0) is 52.3 Å². The molecular weight excluding hydrogens is 232 g/mol. The number of Topliss-reactive ketones (excluding diaryl/α,β-unsaturated/α-hetero) is 1. The van der Waals surface area contributed by atoms with Crippen molar-refractivity contribution in [2.75, 3.05) is 0 Å². The summed E-state index contributed by atoms with van der Waals surface area (Å²) in [6, 6.07) is 2.29. The number of rotatable bonds is 0. The number of carbonyl (C=O) groups excluding carboxylic acids is 1. The van der Waals surface area contributed by atoms with Gasteiger partial charge in [0.2, 0.25) is 0 Å². The second kappa shape index (κ2) is 3.50. The Labute approximate surface area is 116 Å². The maximum absolute atomic E-state index is 12.1. The molecule has 0 saturated heterocycles. The van der Waals surface area contributed by atoms with E-state index in [0.717, 1.165) is 12.0 Å². The molecule has 0 bridgehead atoms. The highest BCUT2D eigenvalue weighted by molar-refractivity contribution is 6.02. The average molecular weight is 256 g/mol. The summed E-state index contributed by atoms with van der Waals surface area (Å²) in [5, 5.41) is 0. The molecule has 1 heteroatoms. The van der Waals surface area contributed by atoms with E-state index in [-0.39, 0.29) is 10.8 Å². The fourth-order valence-electron chi connectivity index (χ4n) is 4.48. The monoisotopic (exact) mass is 256 g/mol. The number of carbonyl (C=O) groups is 1. The Balaban J connectivity index is 2.40. The van der Waals surface area contributed by atoms with Gasteiger partial charge in [0.25, 0.3) is 0 Å². The summed E-state index contributed by atoms with van der Waals surface area (Å²) in [5.74, 6) is 0.945. The summed E-state index contributed by atoms with van der Waals surface area (Å²) in [6.45, 7) is 13.9. The molecule has 0 radical (unpaired) electrons. The first-order chi connectivity index (χ1) is 8.69. The summed E-state index contributed by atoms with van der Waals surface area (Å²) in [4.78, 5) is 12.1. The largest absolute Gasteiger partial charge is 0.294 e. The van der Waals surface area contributed by atoms with Crippen molar-refractivity contribution >= 4 is 5.78 Å². The number of benzene rings is 1. The zero-order valence-corrected chi connectivity index (χ0v) is 13.0. The number of fused-ring (bicyclic) bond motifs is 3. The molecule has 0 spiro atoms. The van der Waals surface area contributed by atoms with Gasteiger partial charge in [0.05, 0.1) is 0 Å². The fourth-order valence-corrected chi connectivity index (χ4v) is 4.48. The Bertz CT molecular complexity index is 590. The summed E-state index contributed by atoms with van der Waals surface area (Å²) in [5.41, 5.74) is 6.92. The second-order valence-electron chi connectivity index (χ2n) is 7.56. The lowest BCUT2D eigenvalue weighted by Crippen LogP contribution is -2.31. The predicted octanol–water partition coefficient (Wildman–Crippen LogP) is 4.33. The third-order valence-electron chi connectivity index (χ3n) is 6.01. The Morgan fingerprint density at radius 1 is 1.11 bits per heavy atom. The number of ketones is 1. The molecule has 19 heavy (non-hydrogen) atoms. The van der Waals surface area contributed by atoms with Crippen LogP contribution in [0, 0.1) is 12.8 Å². The SMILES string of the molecule is Cc1cc2c(c3c1C(=O)CC3)C(C)(C)C(C)C2(C)C. The Morgan fingerprint density at radius 3 is 2.37 bits per heavy atom. The van der Waals surface area contributed by atoms with Crippen LogP contribution in [-0.4, -0.2) is 5.78 Å². The van der Waals surface area contributed by atoms with E-state index in [1.165, 1.54) is 22.3 Å². The van der Waals surface area contributed by atoms with Crippen molar-refractivity contribution in [2.24, 2.45) is 5.92 Å². The smallest absolute Gasteiger partial charge is 0.163 e. The topological polar surface area (TPSA) is 17.1 Å². The van der Waals surface area contributed by atoms with E-state index in [1.54, 1.807) is 0 Å². The molecule has 3 rings (SSSR count). The molecule has 0 aliphatic heterocycles. The summed E-state index contributed by atoms with van der Waals surface area (Å²) in [6.07, 6.45) is 1.65. The van der Waals surface area contributed by atoms with Crippen molar-refractivity contribution in [3.63, 3.8) is 0 Å². The molecule has 1 aromatic carbocycles. The van der Waals surface area contributed by atoms with Crippen LogP contribution in [0.1, 0.15) is 73.7 Å². The van der Waals surface area contributed by atoms with Crippen molar-refractivity contribution in [2.45, 2.75) is 65.2 Å². The van der Waals surface area contributed by atoms with E-state index in [9.17, 15) is 4.79 Å². The van der Waals surface area contributed by atoms with Gasteiger partial charge in [-0.3, -0.25) is 4.79 Å². The first kappa shape index (κ1) is 12.9. The lowest BCUT2D eigenvalue weighted by Gasteiger charge is -2.33. The average Bonchev–Trinajstić information content (AvgIpc) is 2.74. The molecule has 0 heterocycles. The highest BCUT2D eigenvalue weighted by Gasteiger charge is 2.50. The van der Waals surface area contributed by atoms with Gasteiger partial charge in [0, 0.05) is 12.0 Å². The van der Waals surface area contributed by atoms with E-state index in [4.69, 9.17) is 0 Å². The van der Waals surface area contributed by atoms with Crippen LogP contribution in [0.15, 0.2) is 6.07 Å². The normalized spacial score (nSPS) is 26.4. The maximum Gasteiger partial charge on any atom is 0.163 e. The number of aryl methyl sites for hydroxylation is 1. The van der Waals surface area contributed by atoms with Crippen molar-refractivity contribution in [3.05, 3.63) is 33.9 Å². The van der Waals surface area contributed by atoms with Gasteiger partial charge in [-0.15, -0.1) is 0 Å². The first-order valence-corrected chi connectivity index (χ1v) is 7.39. The van der Waals surface area contributed by atoms with E-state index < -0.39 is 0 Å². The minimum atomic E-state index is 0.168. The van der Waals surface area contributed by atoms with Crippen LogP contribution in [0.25, 0.3) is 0 Å². The third kappa shape index (κ3) is 1.39. The van der Waals surface area contributed by atoms with Crippen molar-refractivity contribution < 1.29 is 4.79 Å². The standard InChI is InChI=1S/C18H24O/c1-10-9-13-16(12-7-8-14(19)15(10)12)18(5,6)11(2)17(13,3)4/h9,11H,7-8H2,1-6H3. The molecule has 2 aliphatic rings. The quantitative estimate of drug-likeness (QED) is 0.675. The molecular formula is C18H24O. The van der Waals surface area contributed by atoms with Crippen LogP contribution in [0.4, 0.5) is 0 Å². The Hall–Kier alpha value is -1.11. The van der Waals surface area contributed by atoms with Crippen LogP contribution >= 0.6 is 0 Å². The molecule has 0 amide bonds. The van der Waals surface area contributed by atoms with Crippen LogP contribution in [0.5, 0.6) is 0 Å². The lowest BCUT2D eigenvalue weighted by atomic mass is 9.71. The Morgan fingerprint density at radius 2 is 1.74 bits per heavy atom. The van der Waals surface area contributed by atoms with E-state index >= 15 is 0 Å². The zero-order valence-electron chi connectivity index (χ0n) is 13.0. The van der Waals surface area contributed by atoms with Gasteiger partial charge in [-0.2, -0.15) is 0 Å². The van der Waals surface area contributed by atoms with Crippen molar-refractivity contribution in [1.82, 2.24) is 0 Å². The Kier molecular flexibility index (Phi) is 2.38. The van der Waals surface area contributed by atoms with Crippen LogP contribution in [-0.2, 0) is 17.3 Å². The van der Waals surface area contributed by atoms with Gasteiger partial charge in [-0.25, -0.2) is 0 Å². The van der Waals surface area contributed by atoms with Gasteiger partial charge >= 0.3 is 0 Å². The number of hydrogen-bond donors (Lipinski definition) is 0. The van der Waals surface area contributed by atoms with Gasteiger partial charge in [0.15, 0.2) is 5.78 Å². The molecule has 2 aliphatic carbocycles. The van der Waals surface area contributed by atoms with E-state index in [1.807, 2.05) is 0 Å². The van der Waals surface area contributed by atoms with Crippen LogP contribution in [0.3, 0.4) is 0 Å². The predicted molar refractivity (Wildman–Crippen MR) is 79.0 cm³/mol. The highest BCUT2D eigenvalue weighted by Crippen LogP contribution is 2.56. The minimum absolute atomic E-state index is 0.168. The molecule has 102 valence electrons. The number of hydrogen-bond acceptors (Lipinski definition) is 1. The summed E-state index contributed by atoms with van der Waals surface area (Å²) in [7, 11) is 0. The summed E-state index contributed by atoms with van der Waals surface area (Å²) >= 11 is 0. The second-order valence-corrected chi connectivity index (χ2v) is 7.56. The lowest BCUT2D eigenvalue weighted by molar-refractivity contribution is 0.0994. The molecule has 0 saturated carbocycles. The molecule has 0 N–H and O–H groups in total. The molecule has 1 atom stereocenters. The molecule has 0 fully saturated rings. The fraction of sp³-hybridized carbons (Fsp3) is 0.611. The van der Waals surface area contributed by atoms with E-state index in [0.29, 0.717) is 18.1 Å². The van der Waals surface area contributed by atoms with Crippen LogP contribution in [0.2, 0.25) is 0 Å². The van der Waals surface area contributed by atoms with Crippen LogP contribution < -0.4 is 0 Å². The zero-order chi connectivity index (χ0) is 14.2. The molecule has 0 aromatic heterocycles. The molecule has 1 aromatic rings. The van der Waals surface area contributed by atoms with Gasteiger partial charge < -0.3 is 0 Å².